The average Bonchev–Trinajstić information content (AvgIpc) is 2.27. The lowest BCUT2D eigenvalue weighted by Crippen LogP contribution is -2.51. The molecule has 0 atom stereocenters. The number of amides is 1. The predicted molar refractivity (Wildman–Crippen MR) is 66.4 cm³/mol. The van der Waals surface area contributed by atoms with Crippen molar-refractivity contribution >= 4 is 5.91 Å². The maximum atomic E-state index is 11.8. The first-order chi connectivity index (χ1) is 7.63. The second kappa shape index (κ2) is 6.86. The second-order valence-electron chi connectivity index (χ2n) is 4.76. The highest BCUT2D eigenvalue weighted by Crippen LogP contribution is 2.02. The normalized spacial score (nSPS) is 18.1. The minimum atomic E-state index is 0.241. The summed E-state index contributed by atoms with van der Waals surface area (Å²) in [6, 6.07) is 0.380. The van der Waals surface area contributed by atoms with Crippen molar-refractivity contribution in [2.75, 3.05) is 39.3 Å². The van der Waals surface area contributed by atoms with Gasteiger partial charge in [0.25, 0.3) is 0 Å². The van der Waals surface area contributed by atoms with Crippen LogP contribution in [0.3, 0.4) is 0 Å². The summed E-state index contributed by atoms with van der Waals surface area (Å²) in [4.78, 5) is 16.2. The van der Waals surface area contributed by atoms with E-state index in [1.165, 1.54) is 6.42 Å². The lowest BCUT2D eigenvalue weighted by Gasteiger charge is -2.34. The second-order valence-corrected chi connectivity index (χ2v) is 4.76. The van der Waals surface area contributed by atoms with Gasteiger partial charge >= 0.3 is 0 Å². The van der Waals surface area contributed by atoms with Gasteiger partial charge in [-0.05, 0) is 13.0 Å². The van der Waals surface area contributed by atoms with Crippen LogP contribution < -0.4 is 5.32 Å². The van der Waals surface area contributed by atoms with Crippen LogP contribution >= 0.6 is 0 Å². The third-order valence-corrected chi connectivity index (χ3v) is 2.93. The molecule has 1 aliphatic heterocycles. The van der Waals surface area contributed by atoms with Crippen molar-refractivity contribution in [1.29, 1.82) is 0 Å². The van der Waals surface area contributed by atoms with Gasteiger partial charge in [-0.2, -0.15) is 0 Å². The molecule has 1 N–H and O–H groups in total. The number of carbonyl (C=O) groups excluding carboxylic acids is 1. The molecule has 0 aliphatic carbocycles. The monoisotopic (exact) mass is 227 g/mol. The number of nitrogens with zero attached hydrogens (tertiary/aromatic N) is 2. The summed E-state index contributed by atoms with van der Waals surface area (Å²) < 4.78 is 0. The van der Waals surface area contributed by atoms with Crippen LogP contribution in [0, 0.1) is 0 Å². The van der Waals surface area contributed by atoms with E-state index in [2.05, 4.69) is 31.0 Å². The Morgan fingerprint density at radius 3 is 2.38 bits per heavy atom. The molecule has 0 aromatic heterocycles. The summed E-state index contributed by atoms with van der Waals surface area (Å²) in [5.74, 6) is 0.241. The molecule has 0 saturated carbocycles. The van der Waals surface area contributed by atoms with Gasteiger partial charge < -0.3 is 10.2 Å². The lowest BCUT2D eigenvalue weighted by molar-refractivity contribution is -0.132. The molecule has 0 spiro atoms. The topological polar surface area (TPSA) is 35.6 Å². The molecule has 0 bridgehead atoms. The molecule has 0 aromatic rings. The van der Waals surface area contributed by atoms with E-state index in [1.807, 2.05) is 4.90 Å². The van der Waals surface area contributed by atoms with E-state index in [-0.39, 0.29) is 5.91 Å². The Kier molecular flexibility index (Phi) is 5.77. The first-order valence-electron chi connectivity index (χ1n) is 6.37. The first-order valence-corrected chi connectivity index (χ1v) is 6.37. The average molecular weight is 227 g/mol. The van der Waals surface area contributed by atoms with Gasteiger partial charge in [-0.3, -0.25) is 9.69 Å². The summed E-state index contributed by atoms with van der Waals surface area (Å²) in [7, 11) is 0. The Labute approximate surface area is 99.0 Å². The summed E-state index contributed by atoms with van der Waals surface area (Å²) in [6.45, 7) is 11.8. The highest BCUT2D eigenvalue weighted by atomic mass is 16.2. The standard InChI is InChI=1S/C12H25N3O/c1-4-5-14-6-8-15(9-7-14)12(16)10-13-11(2)3/h11,13H,4-10H2,1-3H3. The van der Waals surface area contributed by atoms with E-state index >= 15 is 0 Å². The van der Waals surface area contributed by atoms with Gasteiger partial charge in [-0.25, -0.2) is 0 Å². The van der Waals surface area contributed by atoms with Crippen LogP contribution in [0.1, 0.15) is 27.2 Å². The molecule has 4 heteroatoms. The summed E-state index contributed by atoms with van der Waals surface area (Å²) >= 11 is 0. The molecule has 0 radical (unpaired) electrons. The fourth-order valence-corrected chi connectivity index (χ4v) is 1.94. The number of nitrogens with one attached hydrogen (secondary N) is 1. The first kappa shape index (κ1) is 13.5. The Bertz CT molecular complexity index is 210. The molecule has 1 amide bonds. The third-order valence-electron chi connectivity index (χ3n) is 2.93. The quantitative estimate of drug-likeness (QED) is 0.744. The van der Waals surface area contributed by atoms with Crippen molar-refractivity contribution < 1.29 is 4.79 Å². The molecule has 1 aliphatic rings. The van der Waals surface area contributed by atoms with Crippen molar-refractivity contribution in [2.45, 2.75) is 33.2 Å². The predicted octanol–water partition coefficient (Wildman–Crippen LogP) is 0.539. The summed E-state index contributed by atoms with van der Waals surface area (Å²) in [5, 5.41) is 3.17. The van der Waals surface area contributed by atoms with E-state index in [1.54, 1.807) is 0 Å². The molecular formula is C12H25N3O. The molecule has 0 aromatic carbocycles. The largest absolute Gasteiger partial charge is 0.339 e. The van der Waals surface area contributed by atoms with Crippen molar-refractivity contribution in [3.8, 4) is 0 Å². The Morgan fingerprint density at radius 1 is 1.25 bits per heavy atom. The molecule has 4 nitrogen and oxygen atoms in total. The lowest BCUT2D eigenvalue weighted by atomic mass is 10.3. The van der Waals surface area contributed by atoms with Gasteiger partial charge in [-0.15, -0.1) is 0 Å². The van der Waals surface area contributed by atoms with Crippen LogP contribution in [0.25, 0.3) is 0 Å². The fourth-order valence-electron chi connectivity index (χ4n) is 1.94. The SMILES string of the molecule is CCCN1CCN(C(=O)CNC(C)C)CC1. The molecule has 1 heterocycles. The van der Waals surface area contributed by atoms with E-state index in [9.17, 15) is 4.79 Å². The van der Waals surface area contributed by atoms with Gasteiger partial charge in [0.1, 0.15) is 0 Å². The number of hydrogen-bond donors (Lipinski definition) is 1. The Morgan fingerprint density at radius 2 is 1.88 bits per heavy atom. The van der Waals surface area contributed by atoms with Crippen LogP contribution in [-0.4, -0.2) is 61.0 Å². The van der Waals surface area contributed by atoms with Gasteiger partial charge in [-0.1, -0.05) is 20.8 Å². The zero-order valence-corrected chi connectivity index (χ0v) is 10.8. The van der Waals surface area contributed by atoms with Crippen molar-refractivity contribution in [3.05, 3.63) is 0 Å². The fraction of sp³-hybridized carbons (Fsp3) is 0.917. The molecule has 16 heavy (non-hydrogen) atoms. The number of hydrogen-bond acceptors (Lipinski definition) is 3. The third kappa shape index (κ3) is 4.49. The molecule has 1 rings (SSSR count). The van der Waals surface area contributed by atoms with Crippen LogP contribution in [-0.2, 0) is 4.79 Å². The van der Waals surface area contributed by atoms with E-state index in [0.29, 0.717) is 12.6 Å². The maximum absolute atomic E-state index is 11.8. The Hall–Kier alpha value is -0.610. The van der Waals surface area contributed by atoms with Crippen molar-refractivity contribution in [2.24, 2.45) is 0 Å². The van der Waals surface area contributed by atoms with Gasteiger partial charge in [0.05, 0.1) is 6.54 Å². The molecule has 1 saturated heterocycles. The van der Waals surface area contributed by atoms with Gasteiger partial charge in [0.15, 0.2) is 0 Å². The highest BCUT2D eigenvalue weighted by molar-refractivity contribution is 5.78. The zero-order chi connectivity index (χ0) is 12.0. The molecule has 1 fully saturated rings. The van der Waals surface area contributed by atoms with E-state index in [0.717, 1.165) is 32.7 Å². The van der Waals surface area contributed by atoms with E-state index in [4.69, 9.17) is 0 Å². The van der Waals surface area contributed by atoms with Crippen molar-refractivity contribution in [3.63, 3.8) is 0 Å². The smallest absolute Gasteiger partial charge is 0.236 e. The van der Waals surface area contributed by atoms with Gasteiger partial charge in [0.2, 0.25) is 5.91 Å². The van der Waals surface area contributed by atoms with E-state index < -0.39 is 0 Å². The summed E-state index contributed by atoms with van der Waals surface area (Å²) in [5.41, 5.74) is 0. The minimum absolute atomic E-state index is 0.241. The van der Waals surface area contributed by atoms with Gasteiger partial charge in [0, 0.05) is 32.2 Å². The maximum Gasteiger partial charge on any atom is 0.236 e. The number of rotatable bonds is 5. The highest BCUT2D eigenvalue weighted by Gasteiger charge is 2.19. The molecule has 0 unspecified atom stereocenters. The zero-order valence-electron chi connectivity index (χ0n) is 10.8. The minimum Gasteiger partial charge on any atom is -0.339 e. The van der Waals surface area contributed by atoms with Crippen LogP contribution in [0.15, 0.2) is 0 Å². The molecule has 94 valence electrons. The van der Waals surface area contributed by atoms with Crippen LogP contribution in [0.2, 0.25) is 0 Å². The number of piperazine rings is 1. The molecular weight excluding hydrogens is 202 g/mol. The van der Waals surface area contributed by atoms with Crippen LogP contribution in [0.5, 0.6) is 0 Å². The Balaban J connectivity index is 2.22. The van der Waals surface area contributed by atoms with Crippen LogP contribution in [0.4, 0.5) is 0 Å². The summed E-state index contributed by atoms with van der Waals surface area (Å²) in [6.07, 6.45) is 1.20. The van der Waals surface area contributed by atoms with Crippen molar-refractivity contribution in [1.82, 2.24) is 15.1 Å². The number of carbonyl (C=O) groups is 1.